The van der Waals surface area contributed by atoms with Crippen molar-refractivity contribution in [3.63, 3.8) is 0 Å². The molecule has 0 fully saturated rings. The summed E-state index contributed by atoms with van der Waals surface area (Å²) in [6, 6.07) is 12.1. The van der Waals surface area contributed by atoms with Crippen molar-refractivity contribution in [2.24, 2.45) is 0 Å². The number of rotatable bonds is 7. The van der Waals surface area contributed by atoms with Gasteiger partial charge in [0, 0.05) is 18.1 Å². The summed E-state index contributed by atoms with van der Waals surface area (Å²) in [6.07, 6.45) is -0.934. The van der Waals surface area contributed by atoms with Crippen molar-refractivity contribution in [1.29, 1.82) is 0 Å². The smallest absolute Gasteiger partial charge is 0.242 e. The van der Waals surface area contributed by atoms with Crippen molar-refractivity contribution in [3.8, 4) is 5.75 Å². The number of likely N-dealkylation sites (N-methyl/N-ethyl adjacent to an activating group) is 1. The molecule has 0 saturated heterocycles. The molecule has 0 amide bonds. The molecule has 5 nitrogen and oxygen atoms in total. The number of sulfonamides is 1. The van der Waals surface area contributed by atoms with Crippen LogP contribution in [0.5, 0.6) is 5.75 Å². The lowest BCUT2D eigenvalue weighted by molar-refractivity contribution is 0.0932. The Morgan fingerprint density at radius 2 is 1.80 bits per heavy atom. The van der Waals surface area contributed by atoms with Gasteiger partial charge in [-0.25, -0.2) is 8.42 Å². The highest BCUT2D eigenvalue weighted by Crippen LogP contribution is 2.20. The predicted molar refractivity (Wildman–Crippen MR) is 101 cm³/mol. The first-order valence-electron chi connectivity index (χ1n) is 7.80. The van der Waals surface area contributed by atoms with Crippen LogP contribution in [0, 0.1) is 13.8 Å². The summed E-state index contributed by atoms with van der Waals surface area (Å²) >= 11 is 3.28. The summed E-state index contributed by atoms with van der Waals surface area (Å²) in [5, 5.41) is 10.1. The number of halogens is 1. The zero-order chi connectivity index (χ0) is 18.6. The molecule has 2 aromatic carbocycles. The molecule has 2 rings (SSSR count). The molecule has 0 spiro atoms. The molecular weight excluding hydrogens is 406 g/mol. The fourth-order valence-corrected chi connectivity index (χ4v) is 3.85. The van der Waals surface area contributed by atoms with Crippen LogP contribution in [0.25, 0.3) is 0 Å². The number of nitrogens with zero attached hydrogens (tertiary/aromatic N) is 1. The van der Waals surface area contributed by atoms with Crippen LogP contribution in [-0.2, 0) is 10.0 Å². The summed E-state index contributed by atoms with van der Waals surface area (Å²) in [6.45, 7) is 3.89. The van der Waals surface area contributed by atoms with Gasteiger partial charge in [-0.3, -0.25) is 0 Å². The third-order valence-corrected chi connectivity index (χ3v) is 6.12. The van der Waals surface area contributed by atoms with E-state index in [0.29, 0.717) is 5.75 Å². The quantitative estimate of drug-likeness (QED) is 0.736. The lowest BCUT2D eigenvalue weighted by atomic mass is 10.1. The Bertz CT molecular complexity index is 821. The van der Waals surface area contributed by atoms with E-state index < -0.39 is 16.1 Å². The van der Waals surface area contributed by atoms with Crippen molar-refractivity contribution in [2.45, 2.75) is 24.8 Å². The van der Waals surface area contributed by atoms with Crippen LogP contribution in [0.1, 0.15) is 11.1 Å². The lowest BCUT2D eigenvalue weighted by Crippen LogP contribution is -2.37. The van der Waals surface area contributed by atoms with Crippen molar-refractivity contribution in [2.75, 3.05) is 20.2 Å². The van der Waals surface area contributed by atoms with E-state index >= 15 is 0 Å². The molecule has 1 atom stereocenters. The Morgan fingerprint density at radius 3 is 2.40 bits per heavy atom. The molecule has 2 aromatic rings. The number of aliphatic hydroxyl groups is 1. The van der Waals surface area contributed by atoms with Crippen LogP contribution >= 0.6 is 15.9 Å². The fraction of sp³-hybridized carbons (Fsp3) is 0.333. The summed E-state index contributed by atoms with van der Waals surface area (Å²) < 4.78 is 32.6. The number of benzene rings is 2. The van der Waals surface area contributed by atoms with Crippen molar-refractivity contribution >= 4 is 26.0 Å². The third-order valence-electron chi connectivity index (χ3n) is 3.75. The number of aryl methyl sites for hydroxylation is 2. The molecule has 0 bridgehead atoms. The van der Waals surface area contributed by atoms with Gasteiger partial charge in [-0.05, 0) is 49.7 Å². The Balaban J connectivity index is 1.97. The van der Waals surface area contributed by atoms with Gasteiger partial charge >= 0.3 is 0 Å². The average Bonchev–Trinajstić information content (AvgIpc) is 2.54. The summed E-state index contributed by atoms with van der Waals surface area (Å²) in [4.78, 5) is 0.181. The van der Waals surface area contributed by atoms with Gasteiger partial charge in [0.05, 0.1) is 4.90 Å². The lowest BCUT2D eigenvalue weighted by Gasteiger charge is -2.21. The number of ether oxygens (including phenoxy) is 1. The minimum atomic E-state index is -3.65. The SMILES string of the molecule is Cc1ccc(OC[C@H](O)CN(C)S(=O)(=O)c2ccc(Br)cc2)c(C)c1. The molecule has 0 aliphatic carbocycles. The van der Waals surface area contributed by atoms with E-state index in [2.05, 4.69) is 15.9 Å². The maximum atomic E-state index is 12.5. The van der Waals surface area contributed by atoms with Gasteiger partial charge in [-0.15, -0.1) is 0 Å². The van der Waals surface area contributed by atoms with E-state index in [9.17, 15) is 13.5 Å². The van der Waals surface area contributed by atoms with Crippen molar-refractivity contribution in [1.82, 2.24) is 4.31 Å². The highest BCUT2D eigenvalue weighted by molar-refractivity contribution is 9.10. The summed E-state index contributed by atoms with van der Waals surface area (Å²) in [7, 11) is -2.21. The molecule has 0 aromatic heterocycles. The van der Waals surface area contributed by atoms with Gasteiger partial charge < -0.3 is 9.84 Å². The van der Waals surface area contributed by atoms with Gasteiger partial charge in [0.2, 0.25) is 10.0 Å². The molecule has 0 aliphatic rings. The monoisotopic (exact) mass is 427 g/mol. The van der Waals surface area contributed by atoms with Crippen LogP contribution in [0.4, 0.5) is 0 Å². The van der Waals surface area contributed by atoms with Gasteiger partial charge in [-0.2, -0.15) is 4.31 Å². The summed E-state index contributed by atoms with van der Waals surface area (Å²) in [5.41, 5.74) is 2.11. The third kappa shape index (κ3) is 5.28. The largest absolute Gasteiger partial charge is 0.491 e. The standard InChI is InChI=1S/C18H22BrNO4S/c1-13-4-9-18(14(2)10-13)24-12-16(21)11-20(3)25(22,23)17-7-5-15(19)6-8-17/h4-10,16,21H,11-12H2,1-3H3/t16-/m1/s1. The van der Waals surface area contributed by atoms with Gasteiger partial charge in [0.1, 0.15) is 18.5 Å². The van der Waals surface area contributed by atoms with Crippen LogP contribution in [0.15, 0.2) is 51.8 Å². The minimum absolute atomic E-state index is 0.0180. The van der Waals surface area contributed by atoms with E-state index in [1.54, 1.807) is 12.1 Å². The first kappa shape index (κ1) is 19.9. The fourth-order valence-electron chi connectivity index (χ4n) is 2.38. The molecule has 0 saturated carbocycles. The predicted octanol–water partition coefficient (Wildman–Crippen LogP) is 3.13. The maximum absolute atomic E-state index is 12.5. The van der Waals surface area contributed by atoms with Crippen LogP contribution < -0.4 is 4.74 Å². The van der Waals surface area contributed by atoms with Crippen molar-refractivity contribution in [3.05, 3.63) is 58.1 Å². The molecule has 0 heterocycles. The number of hydrogen-bond acceptors (Lipinski definition) is 4. The Kier molecular flexibility index (Phi) is 6.62. The van der Waals surface area contributed by atoms with E-state index in [-0.39, 0.29) is 18.0 Å². The first-order valence-corrected chi connectivity index (χ1v) is 10.0. The van der Waals surface area contributed by atoms with Gasteiger partial charge in [0.25, 0.3) is 0 Å². The maximum Gasteiger partial charge on any atom is 0.242 e. The Labute approximate surface area is 157 Å². The van der Waals surface area contributed by atoms with E-state index in [1.165, 1.54) is 19.2 Å². The van der Waals surface area contributed by atoms with Crippen LogP contribution in [0.3, 0.4) is 0 Å². The minimum Gasteiger partial charge on any atom is -0.491 e. The first-order chi connectivity index (χ1) is 11.7. The second kappa shape index (κ2) is 8.31. The molecule has 1 N–H and O–H groups in total. The molecule has 0 radical (unpaired) electrons. The molecule has 0 aliphatic heterocycles. The van der Waals surface area contributed by atoms with E-state index in [0.717, 1.165) is 19.9 Å². The van der Waals surface area contributed by atoms with Crippen LogP contribution in [0.2, 0.25) is 0 Å². The van der Waals surface area contributed by atoms with Gasteiger partial charge in [-0.1, -0.05) is 33.6 Å². The topological polar surface area (TPSA) is 66.8 Å². The second-order valence-corrected chi connectivity index (χ2v) is 8.93. The number of hydrogen-bond donors (Lipinski definition) is 1. The second-order valence-electron chi connectivity index (χ2n) is 5.97. The van der Waals surface area contributed by atoms with E-state index in [1.807, 2.05) is 32.0 Å². The molecule has 136 valence electrons. The van der Waals surface area contributed by atoms with Crippen molar-refractivity contribution < 1.29 is 18.3 Å². The summed E-state index contributed by atoms with van der Waals surface area (Å²) in [5.74, 6) is 0.683. The highest BCUT2D eigenvalue weighted by Gasteiger charge is 2.23. The molecule has 7 heteroatoms. The zero-order valence-corrected chi connectivity index (χ0v) is 16.8. The number of aliphatic hydroxyl groups excluding tert-OH is 1. The Hall–Kier alpha value is -1.41. The average molecular weight is 428 g/mol. The van der Waals surface area contributed by atoms with Gasteiger partial charge in [0.15, 0.2) is 0 Å². The molecule has 25 heavy (non-hydrogen) atoms. The molecular formula is C18H22BrNO4S. The Morgan fingerprint density at radius 1 is 1.16 bits per heavy atom. The van der Waals surface area contributed by atoms with E-state index in [4.69, 9.17) is 4.74 Å². The van der Waals surface area contributed by atoms with Crippen LogP contribution in [-0.4, -0.2) is 44.1 Å². The highest BCUT2D eigenvalue weighted by atomic mass is 79.9. The molecule has 0 unspecified atom stereocenters. The zero-order valence-electron chi connectivity index (χ0n) is 14.4. The normalized spacial score (nSPS) is 13.0.